The lowest BCUT2D eigenvalue weighted by molar-refractivity contribution is -0.137. The highest BCUT2D eigenvalue weighted by atomic mass is 19.4. The highest BCUT2D eigenvalue weighted by Crippen LogP contribution is 2.43. The minimum atomic E-state index is -4.44. The molecule has 0 radical (unpaired) electrons. The first-order valence-corrected chi connectivity index (χ1v) is 5.86. The van der Waals surface area contributed by atoms with Gasteiger partial charge in [0.15, 0.2) is 11.5 Å². The van der Waals surface area contributed by atoms with Crippen LogP contribution in [0.1, 0.15) is 5.56 Å². The summed E-state index contributed by atoms with van der Waals surface area (Å²) in [4.78, 5) is 0. The zero-order valence-corrected chi connectivity index (χ0v) is 11.0. The molecule has 0 aromatic heterocycles. The normalized spacial score (nSPS) is 11.2. The molecule has 2 aromatic rings. The van der Waals surface area contributed by atoms with Crippen LogP contribution in [-0.2, 0) is 6.18 Å². The molecule has 0 aliphatic heterocycles. The number of halogens is 3. The summed E-state index contributed by atoms with van der Waals surface area (Å²) in [5.41, 5.74) is 0.211. The van der Waals surface area contributed by atoms with Gasteiger partial charge in [-0.15, -0.1) is 0 Å². The van der Waals surface area contributed by atoms with E-state index in [1.165, 1.54) is 14.2 Å². The van der Waals surface area contributed by atoms with Gasteiger partial charge in [0.25, 0.3) is 0 Å². The summed E-state index contributed by atoms with van der Waals surface area (Å²) in [7, 11) is 2.71. The monoisotopic (exact) mass is 282 g/mol. The fourth-order valence-corrected chi connectivity index (χ4v) is 1.96. The molecule has 0 saturated carbocycles. The van der Waals surface area contributed by atoms with Gasteiger partial charge in [-0.3, -0.25) is 0 Å². The predicted molar refractivity (Wildman–Crippen MR) is 70.0 cm³/mol. The van der Waals surface area contributed by atoms with Gasteiger partial charge < -0.3 is 9.47 Å². The Labute approximate surface area is 114 Å². The number of alkyl halides is 3. The van der Waals surface area contributed by atoms with E-state index in [0.29, 0.717) is 11.1 Å². The Morgan fingerprint density at radius 1 is 0.900 bits per heavy atom. The maximum atomic E-state index is 12.9. The fraction of sp³-hybridized carbons (Fsp3) is 0.200. The van der Waals surface area contributed by atoms with Crippen LogP contribution in [0.5, 0.6) is 11.5 Å². The zero-order valence-electron chi connectivity index (χ0n) is 11.0. The second-order valence-corrected chi connectivity index (χ2v) is 4.12. The number of methoxy groups -OCH3 is 2. The van der Waals surface area contributed by atoms with Crippen molar-refractivity contribution in [3.05, 3.63) is 48.0 Å². The van der Waals surface area contributed by atoms with Crippen LogP contribution in [0, 0.1) is 0 Å². The lowest BCUT2D eigenvalue weighted by atomic mass is 10.0. The Morgan fingerprint density at radius 3 is 2.05 bits per heavy atom. The van der Waals surface area contributed by atoms with Crippen molar-refractivity contribution >= 4 is 0 Å². The highest BCUT2D eigenvalue weighted by molar-refractivity contribution is 5.75. The van der Waals surface area contributed by atoms with Crippen molar-refractivity contribution in [2.45, 2.75) is 6.18 Å². The molecule has 5 heteroatoms. The lowest BCUT2D eigenvalue weighted by Gasteiger charge is -2.16. The highest BCUT2D eigenvalue weighted by Gasteiger charge is 2.33. The van der Waals surface area contributed by atoms with Gasteiger partial charge in [-0.1, -0.05) is 30.3 Å². The molecular formula is C15H13F3O2. The maximum absolute atomic E-state index is 12.9. The van der Waals surface area contributed by atoms with Gasteiger partial charge in [-0.2, -0.15) is 13.2 Å². The Morgan fingerprint density at radius 2 is 1.55 bits per heavy atom. The molecule has 0 heterocycles. The quantitative estimate of drug-likeness (QED) is 0.831. The standard InChI is InChI=1S/C15H13F3O2/c1-19-13-9-11(15(16,17)18)8-12(14(13)20-2)10-6-4-3-5-7-10/h3-9H,1-2H3. The molecule has 0 bridgehead atoms. The second kappa shape index (κ2) is 5.45. The number of benzene rings is 2. The van der Waals surface area contributed by atoms with Crippen LogP contribution >= 0.6 is 0 Å². The molecule has 0 fully saturated rings. The smallest absolute Gasteiger partial charge is 0.416 e. The van der Waals surface area contributed by atoms with E-state index >= 15 is 0 Å². The summed E-state index contributed by atoms with van der Waals surface area (Å²) in [5, 5.41) is 0. The van der Waals surface area contributed by atoms with Gasteiger partial charge >= 0.3 is 6.18 Å². The molecule has 0 amide bonds. The molecule has 0 spiro atoms. The molecule has 0 aliphatic rings. The van der Waals surface area contributed by atoms with Crippen LogP contribution in [0.2, 0.25) is 0 Å². The van der Waals surface area contributed by atoms with E-state index in [0.717, 1.165) is 12.1 Å². The van der Waals surface area contributed by atoms with Crippen molar-refractivity contribution in [2.24, 2.45) is 0 Å². The van der Waals surface area contributed by atoms with Gasteiger partial charge in [-0.25, -0.2) is 0 Å². The first-order chi connectivity index (χ1) is 9.47. The number of hydrogen-bond acceptors (Lipinski definition) is 2. The molecule has 0 aliphatic carbocycles. The summed E-state index contributed by atoms with van der Waals surface area (Å²) in [6, 6.07) is 10.7. The van der Waals surface area contributed by atoms with Crippen molar-refractivity contribution in [3.63, 3.8) is 0 Å². The summed E-state index contributed by atoms with van der Waals surface area (Å²) in [6.45, 7) is 0. The van der Waals surface area contributed by atoms with Gasteiger partial charge in [0.05, 0.1) is 19.8 Å². The first kappa shape index (κ1) is 14.2. The molecule has 20 heavy (non-hydrogen) atoms. The van der Waals surface area contributed by atoms with E-state index in [1.807, 2.05) is 0 Å². The van der Waals surface area contributed by atoms with Crippen molar-refractivity contribution < 1.29 is 22.6 Å². The fourth-order valence-electron chi connectivity index (χ4n) is 1.96. The van der Waals surface area contributed by atoms with Crippen molar-refractivity contribution in [1.82, 2.24) is 0 Å². The lowest BCUT2D eigenvalue weighted by Crippen LogP contribution is -2.06. The van der Waals surface area contributed by atoms with Crippen LogP contribution < -0.4 is 9.47 Å². The molecule has 0 atom stereocenters. The van der Waals surface area contributed by atoms with Crippen LogP contribution in [0.15, 0.2) is 42.5 Å². The Bertz CT molecular complexity index is 592. The minimum absolute atomic E-state index is 0.0566. The first-order valence-electron chi connectivity index (χ1n) is 5.86. The molecule has 0 saturated heterocycles. The topological polar surface area (TPSA) is 18.5 Å². The van der Waals surface area contributed by atoms with Crippen molar-refractivity contribution in [2.75, 3.05) is 14.2 Å². The molecule has 106 valence electrons. The van der Waals surface area contributed by atoms with E-state index in [2.05, 4.69) is 0 Å². The molecule has 2 aromatic carbocycles. The predicted octanol–water partition coefficient (Wildman–Crippen LogP) is 4.39. The van der Waals surface area contributed by atoms with E-state index in [9.17, 15) is 13.2 Å². The van der Waals surface area contributed by atoms with Crippen LogP contribution in [0.25, 0.3) is 11.1 Å². The van der Waals surface area contributed by atoms with Gasteiger partial charge in [0.2, 0.25) is 0 Å². The SMILES string of the molecule is COc1cc(C(F)(F)F)cc(-c2ccccc2)c1OC. The largest absolute Gasteiger partial charge is 0.493 e. The average Bonchev–Trinajstić information content (AvgIpc) is 2.45. The minimum Gasteiger partial charge on any atom is -0.493 e. The Kier molecular flexibility index (Phi) is 3.88. The Hall–Kier alpha value is -2.17. The van der Waals surface area contributed by atoms with Gasteiger partial charge in [0.1, 0.15) is 0 Å². The maximum Gasteiger partial charge on any atom is 0.416 e. The number of ether oxygens (including phenoxy) is 2. The summed E-state index contributed by atoms with van der Waals surface area (Å²) in [6.07, 6.45) is -4.44. The number of hydrogen-bond donors (Lipinski definition) is 0. The third-order valence-electron chi connectivity index (χ3n) is 2.89. The van der Waals surface area contributed by atoms with Crippen LogP contribution in [0.4, 0.5) is 13.2 Å². The zero-order chi connectivity index (χ0) is 14.8. The summed E-state index contributed by atoms with van der Waals surface area (Å²) in [5.74, 6) is 0.341. The third kappa shape index (κ3) is 2.71. The van der Waals surface area contributed by atoms with E-state index < -0.39 is 11.7 Å². The van der Waals surface area contributed by atoms with E-state index in [4.69, 9.17) is 9.47 Å². The summed E-state index contributed by atoms with van der Waals surface area (Å²) < 4.78 is 49.0. The molecule has 0 unspecified atom stereocenters. The van der Waals surface area contributed by atoms with Gasteiger partial charge in [0, 0.05) is 5.56 Å². The third-order valence-corrected chi connectivity index (χ3v) is 2.89. The van der Waals surface area contributed by atoms with Crippen molar-refractivity contribution in [3.8, 4) is 22.6 Å². The van der Waals surface area contributed by atoms with Crippen LogP contribution in [-0.4, -0.2) is 14.2 Å². The Balaban J connectivity index is 2.70. The second-order valence-electron chi connectivity index (χ2n) is 4.12. The summed E-state index contributed by atoms with van der Waals surface area (Å²) >= 11 is 0. The molecule has 2 rings (SSSR count). The van der Waals surface area contributed by atoms with Crippen LogP contribution in [0.3, 0.4) is 0 Å². The molecular weight excluding hydrogens is 269 g/mol. The molecule has 2 nitrogen and oxygen atoms in total. The average molecular weight is 282 g/mol. The van der Waals surface area contributed by atoms with E-state index in [-0.39, 0.29) is 11.5 Å². The molecule has 0 N–H and O–H groups in total. The van der Waals surface area contributed by atoms with Gasteiger partial charge in [-0.05, 0) is 17.7 Å². The number of rotatable bonds is 3. The van der Waals surface area contributed by atoms with Crippen molar-refractivity contribution in [1.29, 1.82) is 0 Å². The van der Waals surface area contributed by atoms with E-state index in [1.54, 1.807) is 30.3 Å².